The second-order valence-corrected chi connectivity index (χ2v) is 7.44. The molecule has 0 saturated carbocycles. The number of carboxylic acids is 1. The normalized spacial score (nSPS) is 21.4. The summed E-state index contributed by atoms with van der Waals surface area (Å²) in [5.41, 5.74) is 7.14. The van der Waals surface area contributed by atoms with Gasteiger partial charge in [0.05, 0.1) is 11.6 Å². The summed E-state index contributed by atoms with van der Waals surface area (Å²) in [6, 6.07) is 12.4. The Morgan fingerprint density at radius 3 is 2.32 bits per heavy atom. The Morgan fingerprint density at radius 2 is 1.80 bits per heavy atom. The van der Waals surface area contributed by atoms with Crippen LogP contribution in [-0.2, 0) is 0 Å². The van der Waals surface area contributed by atoms with Crippen LogP contribution in [0.1, 0.15) is 56.2 Å². The molecule has 134 valence electrons. The van der Waals surface area contributed by atoms with Crippen LogP contribution in [0.2, 0.25) is 0 Å². The largest absolute Gasteiger partial charge is 0.478 e. The molecule has 5 heteroatoms. The van der Waals surface area contributed by atoms with E-state index in [0.29, 0.717) is 23.6 Å². The molecular formula is C20H27N3O2. The van der Waals surface area contributed by atoms with Gasteiger partial charge in [0.2, 0.25) is 0 Å². The van der Waals surface area contributed by atoms with E-state index >= 15 is 0 Å². The highest BCUT2D eigenvalue weighted by Crippen LogP contribution is 2.33. The average molecular weight is 341 g/mol. The minimum absolute atomic E-state index is 0.279. The minimum Gasteiger partial charge on any atom is -0.478 e. The molecule has 1 saturated heterocycles. The molecule has 2 atom stereocenters. The van der Waals surface area contributed by atoms with Gasteiger partial charge in [-0.1, -0.05) is 26.0 Å². The Bertz CT molecular complexity index is 718. The first-order valence-corrected chi connectivity index (χ1v) is 8.94. The maximum Gasteiger partial charge on any atom is 0.335 e. The Hall–Kier alpha value is -2.11. The molecule has 1 aliphatic rings. The van der Waals surface area contributed by atoms with E-state index in [9.17, 15) is 4.79 Å². The third-order valence-electron chi connectivity index (χ3n) is 4.99. The van der Waals surface area contributed by atoms with Crippen LogP contribution in [0.3, 0.4) is 0 Å². The van der Waals surface area contributed by atoms with E-state index < -0.39 is 5.97 Å². The van der Waals surface area contributed by atoms with Crippen LogP contribution in [0.4, 0.5) is 0 Å². The number of aromatic carboxylic acids is 1. The first-order valence-electron chi connectivity index (χ1n) is 8.94. The summed E-state index contributed by atoms with van der Waals surface area (Å²) in [5.74, 6) is -0.305. The first-order chi connectivity index (χ1) is 11.9. The number of aromatic nitrogens is 1. The summed E-state index contributed by atoms with van der Waals surface area (Å²) < 4.78 is 0. The lowest BCUT2D eigenvalue weighted by Crippen LogP contribution is -2.44. The zero-order valence-corrected chi connectivity index (χ0v) is 15.3. The predicted molar refractivity (Wildman–Crippen MR) is 99.3 cm³/mol. The molecule has 1 aliphatic heterocycles. The summed E-state index contributed by atoms with van der Waals surface area (Å²) in [5, 5.41) is 11.4. The smallest absolute Gasteiger partial charge is 0.335 e. The maximum absolute atomic E-state index is 11.0. The number of benzene rings is 1. The number of carboxylic acid groups (broad SMARTS) is 1. The van der Waals surface area contributed by atoms with Crippen LogP contribution < -0.4 is 5.43 Å². The second kappa shape index (κ2) is 7.02. The SMILES string of the molecule is CC(C)C1CC(c2ccc(-c3ccc(C(=O)O)cc3)[nH]2)NN1C(C)C. The summed E-state index contributed by atoms with van der Waals surface area (Å²) in [6.45, 7) is 8.98. The molecule has 0 radical (unpaired) electrons. The molecule has 0 amide bonds. The van der Waals surface area contributed by atoms with E-state index in [-0.39, 0.29) is 6.04 Å². The van der Waals surface area contributed by atoms with Gasteiger partial charge in [-0.05, 0) is 56.0 Å². The van der Waals surface area contributed by atoms with Crippen molar-refractivity contribution in [2.24, 2.45) is 5.92 Å². The molecule has 0 spiro atoms. The van der Waals surface area contributed by atoms with Crippen LogP contribution >= 0.6 is 0 Å². The fourth-order valence-corrected chi connectivity index (χ4v) is 3.58. The molecule has 0 aliphatic carbocycles. The number of hydrazine groups is 1. The topological polar surface area (TPSA) is 68.4 Å². The molecule has 1 aromatic heterocycles. The summed E-state index contributed by atoms with van der Waals surface area (Å²) >= 11 is 0. The van der Waals surface area contributed by atoms with E-state index in [2.05, 4.69) is 55.2 Å². The van der Waals surface area contributed by atoms with Gasteiger partial charge in [0.1, 0.15) is 0 Å². The van der Waals surface area contributed by atoms with E-state index in [1.54, 1.807) is 12.1 Å². The maximum atomic E-state index is 11.0. The fourth-order valence-electron chi connectivity index (χ4n) is 3.58. The second-order valence-electron chi connectivity index (χ2n) is 7.44. The number of rotatable bonds is 5. The number of hydrogen-bond donors (Lipinski definition) is 3. The average Bonchev–Trinajstić information content (AvgIpc) is 3.22. The Labute approximate surface area is 149 Å². The monoisotopic (exact) mass is 341 g/mol. The van der Waals surface area contributed by atoms with Crippen molar-refractivity contribution in [3.8, 4) is 11.3 Å². The number of hydrogen-bond acceptors (Lipinski definition) is 3. The van der Waals surface area contributed by atoms with E-state index in [0.717, 1.165) is 17.7 Å². The highest BCUT2D eigenvalue weighted by atomic mass is 16.4. The molecule has 5 nitrogen and oxygen atoms in total. The Morgan fingerprint density at radius 1 is 1.12 bits per heavy atom. The number of H-pyrrole nitrogens is 1. The van der Waals surface area contributed by atoms with Crippen molar-refractivity contribution < 1.29 is 9.90 Å². The van der Waals surface area contributed by atoms with Gasteiger partial charge >= 0.3 is 5.97 Å². The zero-order valence-electron chi connectivity index (χ0n) is 15.3. The molecule has 3 N–H and O–H groups in total. The minimum atomic E-state index is -0.901. The third kappa shape index (κ3) is 3.62. The molecule has 1 fully saturated rings. The van der Waals surface area contributed by atoms with Gasteiger partial charge in [0.25, 0.3) is 0 Å². The molecule has 3 rings (SSSR count). The van der Waals surface area contributed by atoms with Crippen LogP contribution in [0.5, 0.6) is 0 Å². The van der Waals surface area contributed by atoms with Gasteiger partial charge in [-0.2, -0.15) is 0 Å². The molecule has 25 heavy (non-hydrogen) atoms. The summed E-state index contributed by atoms with van der Waals surface area (Å²) in [7, 11) is 0. The van der Waals surface area contributed by atoms with Crippen molar-refractivity contribution in [1.29, 1.82) is 0 Å². The molecule has 2 unspecified atom stereocenters. The summed E-state index contributed by atoms with van der Waals surface area (Å²) in [4.78, 5) is 14.5. The lowest BCUT2D eigenvalue weighted by atomic mass is 9.97. The standard InChI is InChI=1S/C20H27N3O2/c1-12(2)19-11-18(22-23(19)13(3)4)17-10-9-16(21-17)14-5-7-15(8-6-14)20(24)25/h5-10,12-13,18-19,21-22H,11H2,1-4H3,(H,24,25). The van der Waals surface area contributed by atoms with Crippen LogP contribution in [0.15, 0.2) is 36.4 Å². The van der Waals surface area contributed by atoms with Gasteiger partial charge < -0.3 is 10.1 Å². The van der Waals surface area contributed by atoms with Gasteiger partial charge in [-0.15, -0.1) is 0 Å². The highest BCUT2D eigenvalue weighted by molar-refractivity contribution is 5.88. The fraction of sp³-hybridized carbons (Fsp3) is 0.450. The lowest BCUT2D eigenvalue weighted by Gasteiger charge is -2.30. The quantitative estimate of drug-likeness (QED) is 0.767. The lowest BCUT2D eigenvalue weighted by molar-refractivity contribution is 0.0697. The van der Waals surface area contributed by atoms with Crippen molar-refractivity contribution in [2.45, 2.75) is 52.2 Å². The van der Waals surface area contributed by atoms with Gasteiger partial charge in [0, 0.05) is 23.5 Å². The molecule has 2 aromatic rings. The molecule has 2 heterocycles. The molecule has 0 bridgehead atoms. The van der Waals surface area contributed by atoms with Crippen molar-refractivity contribution >= 4 is 5.97 Å². The number of nitrogens with zero attached hydrogens (tertiary/aromatic N) is 1. The number of carbonyl (C=O) groups is 1. The van der Waals surface area contributed by atoms with Gasteiger partial charge in [-0.25, -0.2) is 15.2 Å². The first kappa shape index (κ1) is 17.7. The van der Waals surface area contributed by atoms with Crippen molar-refractivity contribution in [3.05, 3.63) is 47.7 Å². The van der Waals surface area contributed by atoms with E-state index in [1.165, 1.54) is 5.69 Å². The highest BCUT2D eigenvalue weighted by Gasteiger charge is 2.36. The summed E-state index contributed by atoms with van der Waals surface area (Å²) in [6.07, 6.45) is 1.08. The van der Waals surface area contributed by atoms with Crippen LogP contribution in [-0.4, -0.2) is 33.2 Å². The molecule has 1 aromatic carbocycles. The van der Waals surface area contributed by atoms with Crippen LogP contribution in [0, 0.1) is 5.92 Å². The van der Waals surface area contributed by atoms with Crippen molar-refractivity contribution in [3.63, 3.8) is 0 Å². The molecular weight excluding hydrogens is 314 g/mol. The van der Waals surface area contributed by atoms with Crippen molar-refractivity contribution in [2.75, 3.05) is 0 Å². The third-order valence-corrected chi connectivity index (χ3v) is 4.99. The Balaban J connectivity index is 1.78. The number of aromatic amines is 1. The number of nitrogens with one attached hydrogen (secondary N) is 2. The van der Waals surface area contributed by atoms with Gasteiger partial charge in [-0.3, -0.25) is 0 Å². The van der Waals surface area contributed by atoms with Crippen molar-refractivity contribution in [1.82, 2.24) is 15.4 Å². The Kier molecular flexibility index (Phi) is 4.97. The van der Waals surface area contributed by atoms with Crippen LogP contribution in [0.25, 0.3) is 11.3 Å². The zero-order chi connectivity index (χ0) is 18.1. The predicted octanol–water partition coefficient (Wildman–Crippen LogP) is 4.06. The van der Waals surface area contributed by atoms with Gasteiger partial charge in [0.15, 0.2) is 0 Å². The van der Waals surface area contributed by atoms with E-state index in [4.69, 9.17) is 5.11 Å². The van der Waals surface area contributed by atoms with E-state index in [1.807, 2.05) is 12.1 Å².